The van der Waals surface area contributed by atoms with Gasteiger partial charge in [-0.25, -0.2) is 8.78 Å². The summed E-state index contributed by atoms with van der Waals surface area (Å²) in [6.07, 6.45) is 9.91. The summed E-state index contributed by atoms with van der Waals surface area (Å²) in [5.41, 5.74) is 0.744. The van der Waals surface area contributed by atoms with Crippen molar-refractivity contribution < 1.29 is 17.9 Å². The smallest absolute Gasteiger partial charge is 0.190 e. The van der Waals surface area contributed by atoms with Gasteiger partial charge in [0.2, 0.25) is 0 Å². The van der Waals surface area contributed by atoms with Crippen molar-refractivity contribution in [3.8, 4) is 5.75 Å². The SMILES string of the molecule is CC1CCC(C2CCC(c3cc(F)c(OCCCF)c(F)c3)CC2)CC1. The van der Waals surface area contributed by atoms with Crippen LogP contribution in [0.4, 0.5) is 13.2 Å². The number of ether oxygens (including phenoxy) is 1. The zero-order chi connectivity index (χ0) is 18.5. The molecule has 0 radical (unpaired) electrons. The number of hydrogen-bond donors (Lipinski definition) is 0. The molecule has 0 aliphatic heterocycles. The normalized spacial score (nSPS) is 29.5. The van der Waals surface area contributed by atoms with Gasteiger partial charge in [0.1, 0.15) is 0 Å². The van der Waals surface area contributed by atoms with Gasteiger partial charge in [-0.1, -0.05) is 19.8 Å². The molecule has 1 aromatic rings. The third-order valence-electron chi connectivity index (χ3n) is 6.52. The number of halogens is 3. The highest BCUT2D eigenvalue weighted by Gasteiger charge is 2.31. The summed E-state index contributed by atoms with van der Waals surface area (Å²) in [6, 6.07) is 2.84. The summed E-state index contributed by atoms with van der Waals surface area (Å²) in [6.45, 7) is 1.79. The first-order valence-electron chi connectivity index (χ1n) is 10.3. The van der Waals surface area contributed by atoms with Gasteiger partial charge >= 0.3 is 0 Å². The molecular weight excluding hydrogens is 337 g/mol. The first-order valence-corrected chi connectivity index (χ1v) is 10.3. The lowest BCUT2D eigenvalue weighted by molar-refractivity contribution is 0.165. The Bertz CT molecular complexity index is 550. The lowest BCUT2D eigenvalue weighted by atomic mass is 9.68. The van der Waals surface area contributed by atoms with Crippen LogP contribution in [0.2, 0.25) is 0 Å². The topological polar surface area (TPSA) is 9.23 Å². The molecule has 2 aliphatic carbocycles. The second kappa shape index (κ2) is 9.14. The molecule has 0 bridgehead atoms. The van der Waals surface area contributed by atoms with Crippen LogP contribution >= 0.6 is 0 Å². The Morgan fingerprint density at radius 3 is 1.96 bits per heavy atom. The van der Waals surface area contributed by atoms with Crippen LogP contribution in [-0.2, 0) is 0 Å². The third-order valence-corrected chi connectivity index (χ3v) is 6.52. The summed E-state index contributed by atoms with van der Waals surface area (Å²) in [5, 5.41) is 0. The third kappa shape index (κ3) is 4.75. The molecule has 2 aliphatic rings. The number of hydrogen-bond acceptors (Lipinski definition) is 1. The maximum Gasteiger partial charge on any atom is 0.190 e. The molecule has 0 atom stereocenters. The van der Waals surface area contributed by atoms with Gasteiger partial charge in [0, 0.05) is 6.42 Å². The van der Waals surface area contributed by atoms with Crippen LogP contribution in [0, 0.1) is 29.4 Å². The van der Waals surface area contributed by atoms with E-state index in [4.69, 9.17) is 4.74 Å². The minimum Gasteiger partial charge on any atom is -0.488 e. The van der Waals surface area contributed by atoms with Crippen molar-refractivity contribution in [1.29, 1.82) is 0 Å². The molecule has 4 heteroatoms. The Hall–Kier alpha value is -1.19. The van der Waals surface area contributed by atoms with Crippen molar-refractivity contribution in [3.05, 3.63) is 29.3 Å². The summed E-state index contributed by atoms with van der Waals surface area (Å²) in [7, 11) is 0. The van der Waals surface area contributed by atoms with E-state index in [0.29, 0.717) is 0 Å². The van der Waals surface area contributed by atoms with E-state index in [9.17, 15) is 13.2 Å². The molecule has 2 saturated carbocycles. The van der Waals surface area contributed by atoms with Gasteiger partial charge in [0.25, 0.3) is 0 Å². The van der Waals surface area contributed by atoms with E-state index >= 15 is 0 Å². The fourth-order valence-corrected chi connectivity index (χ4v) is 4.86. The molecule has 0 spiro atoms. The van der Waals surface area contributed by atoms with E-state index in [2.05, 4.69) is 6.92 Å². The molecule has 146 valence electrons. The second-order valence-corrected chi connectivity index (χ2v) is 8.34. The molecular formula is C22H31F3O. The first kappa shape index (κ1) is 19.6. The predicted molar refractivity (Wildman–Crippen MR) is 98.3 cm³/mol. The van der Waals surface area contributed by atoms with Gasteiger partial charge in [-0.3, -0.25) is 4.39 Å². The minimum atomic E-state index is -0.665. The zero-order valence-electron chi connectivity index (χ0n) is 15.8. The quantitative estimate of drug-likeness (QED) is 0.502. The highest BCUT2D eigenvalue weighted by atomic mass is 19.1. The Labute approximate surface area is 155 Å². The van der Waals surface area contributed by atoms with E-state index in [1.807, 2.05) is 0 Å². The Balaban J connectivity index is 1.57. The maximum absolute atomic E-state index is 14.2. The van der Waals surface area contributed by atoms with Crippen molar-refractivity contribution in [2.75, 3.05) is 13.3 Å². The van der Waals surface area contributed by atoms with Crippen LogP contribution in [0.15, 0.2) is 12.1 Å². The highest BCUT2D eigenvalue weighted by Crippen LogP contribution is 2.44. The van der Waals surface area contributed by atoms with Crippen LogP contribution in [-0.4, -0.2) is 13.3 Å². The summed E-state index contributed by atoms with van der Waals surface area (Å²) >= 11 is 0. The van der Waals surface area contributed by atoms with Crippen LogP contribution in [0.1, 0.15) is 76.2 Å². The average molecular weight is 368 g/mol. The lowest BCUT2D eigenvalue weighted by Crippen LogP contribution is -2.24. The number of benzene rings is 1. The molecule has 26 heavy (non-hydrogen) atoms. The van der Waals surface area contributed by atoms with Crippen LogP contribution in [0.25, 0.3) is 0 Å². The molecule has 0 aromatic heterocycles. The fraction of sp³-hybridized carbons (Fsp3) is 0.727. The van der Waals surface area contributed by atoms with Crippen molar-refractivity contribution >= 4 is 0 Å². The Kier molecular flexibility index (Phi) is 6.88. The summed E-state index contributed by atoms with van der Waals surface area (Å²) < 4.78 is 45.7. The van der Waals surface area contributed by atoms with Gasteiger partial charge in [-0.05, 0) is 79.9 Å². The van der Waals surface area contributed by atoms with Crippen molar-refractivity contribution in [2.45, 2.75) is 70.6 Å². The minimum absolute atomic E-state index is 0.00516. The number of rotatable bonds is 6. The molecule has 3 rings (SSSR count). The molecule has 0 amide bonds. The first-order chi connectivity index (χ1) is 12.6. The zero-order valence-corrected chi connectivity index (χ0v) is 15.8. The van der Waals surface area contributed by atoms with E-state index in [0.717, 1.165) is 36.2 Å². The molecule has 0 heterocycles. The monoisotopic (exact) mass is 368 g/mol. The van der Waals surface area contributed by atoms with Crippen LogP contribution in [0.5, 0.6) is 5.75 Å². The van der Waals surface area contributed by atoms with Gasteiger partial charge in [0.05, 0.1) is 13.3 Å². The van der Waals surface area contributed by atoms with Crippen molar-refractivity contribution in [2.24, 2.45) is 17.8 Å². The largest absolute Gasteiger partial charge is 0.488 e. The molecule has 0 saturated heterocycles. The molecule has 0 N–H and O–H groups in total. The van der Waals surface area contributed by atoms with Crippen molar-refractivity contribution in [1.82, 2.24) is 0 Å². The summed E-state index contributed by atoms with van der Waals surface area (Å²) in [4.78, 5) is 0. The molecule has 1 nitrogen and oxygen atoms in total. The maximum atomic E-state index is 14.2. The van der Waals surface area contributed by atoms with E-state index in [-0.39, 0.29) is 24.7 Å². The van der Waals surface area contributed by atoms with Crippen LogP contribution in [0.3, 0.4) is 0 Å². The average Bonchev–Trinajstić information content (AvgIpc) is 2.65. The van der Waals surface area contributed by atoms with E-state index < -0.39 is 18.3 Å². The predicted octanol–water partition coefficient (Wildman–Crippen LogP) is 6.80. The second-order valence-electron chi connectivity index (χ2n) is 8.34. The van der Waals surface area contributed by atoms with E-state index in [1.54, 1.807) is 0 Å². The van der Waals surface area contributed by atoms with Gasteiger partial charge in [0.15, 0.2) is 17.4 Å². The molecule has 1 aromatic carbocycles. The number of alkyl halides is 1. The van der Waals surface area contributed by atoms with Gasteiger partial charge in [-0.2, -0.15) is 0 Å². The lowest BCUT2D eigenvalue weighted by Gasteiger charge is -2.37. The van der Waals surface area contributed by atoms with E-state index in [1.165, 1.54) is 50.7 Å². The fourth-order valence-electron chi connectivity index (χ4n) is 4.86. The summed E-state index contributed by atoms with van der Waals surface area (Å²) in [5.74, 6) is 1.05. The van der Waals surface area contributed by atoms with Crippen molar-refractivity contribution in [3.63, 3.8) is 0 Å². The molecule has 2 fully saturated rings. The van der Waals surface area contributed by atoms with Gasteiger partial charge in [-0.15, -0.1) is 0 Å². The van der Waals surface area contributed by atoms with Crippen LogP contribution < -0.4 is 4.74 Å². The highest BCUT2D eigenvalue weighted by molar-refractivity contribution is 5.33. The Morgan fingerprint density at radius 2 is 1.42 bits per heavy atom. The Morgan fingerprint density at radius 1 is 0.885 bits per heavy atom. The molecule has 0 unspecified atom stereocenters. The standard InChI is InChI=1S/C22H31F3O/c1-15-3-5-16(6-4-15)17-7-9-18(10-8-17)19-13-20(24)22(21(25)14-19)26-12-2-11-23/h13-18H,2-12H2,1H3. The van der Waals surface area contributed by atoms with Gasteiger partial charge < -0.3 is 4.74 Å².